The Morgan fingerprint density at radius 2 is 2.24 bits per heavy atom. The molecule has 0 bridgehead atoms. The number of anilines is 2. The third-order valence-electron chi connectivity index (χ3n) is 3.27. The van der Waals surface area contributed by atoms with E-state index >= 15 is 0 Å². The number of hydrogen-bond donors (Lipinski definition) is 3. The molecular formula is C12H16ClFN2O. The molecule has 94 valence electrons. The van der Waals surface area contributed by atoms with E-state index in [2.05, 4.69) is 5.32 Å². The minimum atomic E-state index is -0.518. The van der Waals surface area contributed by atoms with Gasteiger partial charge in [0.15, 0.2) is 0 Å². The number of aliphatic hydroxyl groups is 1. The number of hydrogen-bond acceptors (Lipinski definition) is 3. The lowest BCUT2D eigenvalue weighted by Gasteiger charge is -2.17. The molecule has 1 aromatic carbocycles. The number of nitrogen functional groups attached to an aromatic ring is 1. The molecule has 1 fully saturated rings. The fourth-order valence-electron chi connectivity index (χ4n) is 2.21. The van der Waals surface area contributed by atoms with Crippen molar-refractivity contribution in [3.63, 3.8) is 0 Å². The molecule has 1 aliphatic carbocycles. The minimum Gasteiger partial charge on any atom is -0.397 e. The van der Waals surface area contributed by atoms with Crippen molar-refractivity contribution >= 4 is 23.0 Å². The Kier molecular flexibility index (Phi) is 3.74. The van der Waals surface area contributed by atoms with Crippen molar-refractivity contribution < 1.29 is 9.50 Å². The molecule has 2 unspecified atom stereocenters. The molecule has 1 saturated carbocycles. The second-order valence-corrected chi connectivity index (χ2v) is 4.90. The maximum absolute atomic E-state index is 13.1. The van der Waals surface area contributed by atoms with Crippen molar-refractivity contribution in [2.75, 3.05) is 17.6 Å². The van der Waals surface area contributed by atoms with E-state index in [0.717, 1.165) is 19.3 Å². The van der Waals surface area contributed by atoms with Crippen LogP contribution in [0.2, 0.25) is 5.02 Å². The molecule has 5 heteroatoms. The largest absolute Gasteiger partial charge is 0.397 e. The highest BCUT2D eigenvalue weighted by Crippen LogP contribution is 2.29. The van der Waals surface area contributed by atoms with Gasteiger partial charge in [-0.3, -0.25) is 0 Å². The highest BCUT2D eigenvalue weighted by atomic mass is 35.5. The van der Waals surface area contributed by atoms with Crippen LogP contribution in [0.1, 0.15) is 19.3 Å². The Morgan fingerprint density at radius 1 is 1.47 bits per heavy atom. The van der Waals surface area contributed by atoms with Crippen LogP contribution in [-0.4, -0.2) is 17.8 Å². The van der Waals surface area contributed by atoms with Gasteiger partial charge in [0, 0.05) is 18.5 Å². The molecule has 0 saturated heterocycles. The van der Waals surface area contributed by atoms with Gasteiger partial charge in [0.25, 0.3) is 0 Å². The van der Waals surface area contributed by atoms with Crippen molar-refractivity contribution in [1.82, 2.24) is 0 Å². The van der Waals surface area contributed by atoms with Crippen molar-refractivity contribution in [2.45, 2.75) is 25.4 Å². The highest BCUT2D eigenvalue weighted by Gasteiger charge is 2.24. The second kappa shape index (κ2) is 5.10. The molecular weight excluding hydrogens is 243 g/mol. The van der Waals surface area contributed by atoms with Gasteiger partial charge in [-0.1, -0.05) is 18.0 Å². The van der Waals surface area contributed by atoms with E-state index in [4.69, 9.17) is 17.3 Å². The van der Waals surface area contributed by atoms with Crippen LogP contribution in [0.5, 0.6) is 0 Å². The number of halogens is 2. The summed E-state index contributed by atoms with van der Waals surface area (Å²) in [5.74, 6) is -0.283. The molecule has 2 atom stereocenters. The summed E-state index contributed by atoms with van der Waals surface area (Å²) in [6.07, 6.45) is 2.65. The number of benzene rings is 1. The van der Waals surface area contributed by atoms with Crippen LogP contribution in [0.25, 0.3) is 0 Å². The molecule has 1 aliphatic rings. The molecule has 2 rings (SSSR count). The average molecular weight is 259 g/mol. The maximum Gasteiger partial charge on any atom is 0.143 e. The van der Waals surface area contributed by atoms with Crippen LogP contribution in [0, 0.1) is 11.7 Å². The smallest absolute Gasteiger partial charge is 0.143 e. The first-order chi connectivity index (χ1) is 8.08. The Morgan fingerprint density at radius 3 is 2.88 bits per heavy atom. The van der Waals surface area contributed by atoms with Crippen LogP contribution >= 0.6 is 11.6 Å². The average Bonchev–Trinajstić information content (AvgIpc) is 2.68. The van der Waals surface area contributed by atoms with Gasteiger partial charge >= 0.3 is 0 Å². The van der Waals surface area contributed by atoms with E-state index < -0.39 is 5.82 Å². The molecule has 0 heterocycles. The van der Waals surface area contributed by atoms with Crippen molar-refractivity contribution in [3.8, 4) is 0 Å². The fraction of sp³-hybridized carbons (Fsp3) is 0.500. The van der Waals surface area contributed by atoms with E-state index in [1.165, 1.54) is 12.1 Å². The summed E-state index contributed by atoms with van der Waals surface area (Å²) in [6.45, 7) is 0.632. The van der Waals surface area contributed by atoms with Crippen LogP contribution in [0.15, 0.2) is 12.1 Å². The van der Waals surface area contributed by atoms with Crippen LogP contribution in [0.4, 0.5) is 15.8 Å². The summed E-state index contributed by atoms with van der Waals surface area (Å²) in [4.78, 5) is 0. The third-order valence-corrected chi connectivity index (χ3v) is 3.56. The third kappa shape index (κ3) is 2.82. The minimum absolute atomic E-state index is 0.0497. The standard InChI is InChI=1S/C12H16ClFN2O/c13-8-4-11(10(15)5-9(8)14)16-6-7-2-1-3-12(7)17/h4-5,7,12,16-17H,1-3,6,15H2. The highest BCUT2D eigenvalue weighted by molar-refractivity contribution is 6.31. The van der Waals surface area contributed by atoms with Crippen LogP contribution < -0.4 is 11.1 Å². The summed E-state index contributed by atoms with van der Waals surface area (Å²) in [7, 11) is 0. The lowest BCUT2D eigenvalue weighted by Crippen LogP contribution is -2.22. The van der Waals surface area contributed by atoms with Gasteiger partial charge in [0.05, 0.1) is 22.5 Å². The Hall–Kier alpha value is -1.00. The van der Waals surface area contributed by atoms with Crippen molar-refractivity contribution in [3.05, 3.63) is 23.0 Å². The predicted octanol–water partition coefficient (Wildman–Crippen LogP) is 2.63. The monoisotopic (exact) mass is 258 g/mol. The van der Waals surface area contributed by atoms with Crippen molar-refractivity contribution in [2.24, 2.45) is 5.92 Å². The molecule has 1 aromatic rings. The normalized spacial score (nSPS) is 23.9. The summed E-state index contributed by atoms with van der Waals surface area (Å²) < 4.78 is 13.1. The molecule has 4 N–H and O–H groups in total. The topological polar surface area (TPSA) is 58.3 Å². The lowest BCUT2D eigenvalue weighted by molar-refractivity contribution is 0.138. The number of nitrogens with one attached hydrogen (secondary N) is 1. The molecule has 0 aromatic heterocycles. The van der Waals surface area contributed by atoms with Crippen LogP contribution in [-0.2, 0) is 0 Å². The Labute approximate surface area is 105 Å². The zero-order valence-corrected chi connectivity index (χ0v) is 10.2. The summed E-state index contributed by atoms with van der Waals surface area (Å²) >= 11 is 5.69. The first-order valence-electron chi connectivity index (χ1n) is 5.74. The molecule has 0 spiro atoms. The Balaban J connectivity index is 2.01. The van der Waals surface area contributed by atoms with E-state index in [0.29, 0.717) is 17.9 Å². The van der Waals surface area contributed by atoms with E-state index in [9.17, 15) is 9.50 Å². The van der Waals surface area contributed by atoms with E-state index in [1.54, 1.807) is 0 Å². The van der Waals surface area contributed by atoms with Crippen LogP contribution in [0.3, 0.4) is 0 Å². The van der Waals surface area contributed by atoms with Crippen molar-refractivity contribution in [1.29, 1.82) is 0 Å². The molecule has 0 radical (unpaired) electrons. The predicted molar refractivity (Wildman–Crippen MR) is 67.7 cm³/mol. The lowest BCUT2D eigenvalue weighted by atomic mass is 10.1. The quantitative estimate of drug-likeness (QED) is 0.731. The number of nitrogens with two attached hydrogens (primary N) is 1. The van der Waals surface area contributed by atoms with Gasteiger partial charge in [0.1, 0.15) is 5.82 Å². The SMILES string of the molecule is Nc1cc(F)c(Cl)cc1NCC1CCCC1O. The van der Waals surface area contributed by atoms with Gasteiger partial charge in [-0.25, -0.2) is 4.39 Å². The zero-order chi connectivity index (χ0) is 12.4. The van der Waals surface area contributed by atoms with Gasteiger partial charge in [-0.05, 0) is 18.9 Å². The first-order valence-corrected chi connectivity index (χ1v) is 6.12. The first kappa shape index (κ1) is 12.5. The van der Waals surface area contributed by atoms with E-state index in [1.807, 2.05) is 0 Å². The van der Waals surface area contributed by atoms with Gasteiger partial charge in [-0.15, -0.1) is 0 Å². The maximum atomic E-state index is 13.1. The Bertz CT molecular complexity index is 414. The van der Waals surface area contributed by atoms with Gasteiger partial charge in [0.2, 0.25) is 0 Å². The molecule has 3 nitrogen and oxygen atoms in total. The van der Waals surface area contributed by atoms with E-state index in [-0.39, 0.29) is 17.0 Å². The second-order valence-electron chi connectivity index (χ2n) is 4.49. The summed E-state index contributed by atoms with van der Waals surface area (Å²) in [5, 5.41) is 12.8. The summed E-state index contributed by atoms with van der Waals surface area (Å²) in [6, 6.07) is 2.68. The fourth-order valence-corrected chi connectivity index (χ4v) is 2.38. The number of rotatable bonds is 3. The molecule has 0 aliphatic heterocycles. The number of aliphatic hydroxyl groups excluding tert-OH is 1. The summed E-state index contributed by atoms with van der Waals surface area (Å²) in [5.41, 5.74) is 6.64. The zero-order valence-electron chi connectivity index (χ0n) is 9.42. The molecule has 0 amide bonds. The van der Waals surface area contributed by atoms with Gasteiger partial charge < -0.3 is 16.2 Å². The molecule has 17 heavy (non-hydrogen) atoms. The van der Waals surface area contributed by atoms with Gasteiger partial charge in [-0.2, -0.15) is 0 Å².